The number of benzene rings is 1. The number of hydrogen-bond acceptors (Lipinski definition) is 4. The lowest BCUT2D eigenvalue weighted by Crippen LogP contribution is -2.50. The van der Waals surface area contributed by atoms with Gasteiger partial charge in [-0.05, 0) is 37.1 Å². The van der Waals surface area contributed by atoms with Gasteiger partial charge in [0.25, 0.3) is 0 Å². The topological polar surface area (TPSA) is 59.6 Å². The molecule has 2 rings (SSSR count). The van der Waals surface area contributed by atoms with Gasteiger partial charge in [0, 0.05) is 18.2 Å². The van der Waals surface area contributed by atoms with E-state index in [1.807, 2.05) is 18.2 Å². The molecule has 0 aromatic heterocycles. The summed E-state index contributed by atoms with van der Waals surface area (Å²) in [4.78, 5) is 12.3. The quantitative estimate of drug-likeness (QED) is 0.865. The predicted octanol–water partition coefficient (Wildman–Crippen LogP) is 1.78. The van der Waals surface area contributed by atoms with Crippen LogP contribution in [0.5, 0.6) is 11.5 Å². The Morgan fingerprint density at radius 2 is 2.14 bits per heavy atom. The summed E-state index contributed by atoms with van der Waals surface area (Å²) in [5, 5.41) is 6.42. The van der Waals surface area contributed by atoms with Gasteiger partial charge >= 0.3 is 0 Å². The molecule has 0 saturated carbocycles. The lowest BCUT2D eigenvalue weighted by atomic mass is 9.94. The Morgan fingerprint density at radius 1 is 1.36 bits per heavy atom. The molecular weight excluding hydrogens is 304 g/mol. The summed E-state index contributed by atoms with van der Waals surface area (Å²) in [5.74, 6) is 1.96. The van der Waals surface area contributed by atoms with E-state index in [1.54, 1.807) is 14.2 Å². The maximum atomic E-state index is 12.3. The summed E-state index contributed by atoms with van der Waals surface area (Å²) in [5.41, 5.74) is 0.839. The third-order valence-corrected chi connectivity index (χ3v) is 4.01. The van der Waals surface area contributed by atoms with Gasteiger partial charge in [0.15, 0.2) is 0 Å². The van der Waals surface area contributed by atoms with Crippen molar-refractivity contribution in [1.29, 1.82) is 0 Å². The highest BCUT2D eigenvalue weighted by Crippen LogP contribution is 2.24. The van der Waals surface area contributed by atoms with Crippen LogP contribution in [0.4, 0.5) is 0 Å². The minimum Gasteiger partial charge on any atom is -0.497 e. The smallest absolute Gasteiger partial charge is 0.224 e. The van der Waals surface area contributed by atoms with Crippen LogP contribution in [-0.4, -0.2) is 39.3 Å². The molecule has 1 heterocycles. The van der Waals surface area contributed by atoms with E-state index in [0.29, 0.717) is 18.1 Å². The molecule has 0 radical (unpaired) electrons. The van der Waals surface area contributed by atoms with Gasteiger partial charge in [0.05, 0.1) is 20.6 Å². The Labute approximate surface area is 138 Å². The van der Waals surface area contributed by atoms with Crippen LogP contribution in [0.3, 0.4) is 0 Å². The molecule has 1 aromatic rings. The molecular formula is C16H25ClN2O3. The number of ether oxygens (including phenoxy) is 2. The minimum atomic E-state index is 0. The Morgan fingerprint density at radius 3 is 2.77 bits per heavy atom. The van der Waals surface area contributed by atoms with E-state index in [1.165, 1.54) is 0 Å². The van der Waals surface area contributed by atoms with Gasteiger partial charge in [-0.25, -0.2) is 0 Å². The molecule has 1 amide bonds. The first-order chi connectivity index (χ1) is 10.1. The summed E-state index contributed by atoms with van der Waals surface area (Å²) < 4.78 is 10.5. The van der Waals surface area contributed by atoms with Gasteiger partial charge < -0.3 is 20.1 Å². The molecule has 22 heavy (non-hydrogen) atoms. The van der Waals surface area contributed by atoms with Crippen molar-refractivity contribution >= 4 is 18.3 Å². The molecule has 2 atom stereocenters. The van der Waals surface area contributed by atoms with Crippen molar-refractivity contribution in [3.63, 3.8) is 0 Å². The van der Waals surface area contributed by atoms with E-state index >= 15 is 0 Å². The van der Waals surface area contributed by atoms with Gasteiger partial charge in [0.2, 0.25) is 5.91 Å². The summed E-state index contributed by atoms with van der Waals surface area (Å²) in [6, 6.07) is 5.70. The van der Waals surface area contributed by atoms with Gasteiger partial charge in [-0.2, -0.15) is 0 Å². The molecule has 0 aliphatic carbocycles. The molecule has 124 valence electrons. The van der Waals surface area contributed by atoms with Gasteiger partial charge in [0.1, 0.15) is 11.5 Å². The fourth-order valence-electron chi connectivity index (χ4n) is 2.63. The third-order valence-electron chi connectivity index (χ3n) is 4.01. The molecule has 1 saturated heterocycles. The van der Waals surface area contributed by atoms with Gasteiger partial charge in [-0.3, -0.25) is 4.79 Å². The fourth-order valence-corrected chi connectivity index (χ4v) is 2.63. The fraction of sp³-hybridized carbons (Fsp3) is 0.562. The van der Waals surface area contributed by atoms with Crippen LogP contribution in [0.1, 0.15) is 18.9 Å². The predicted molar refractivity (Wildman–Crippen MR) is 89.1 cm³/mol. The number of piperidine rings is 1. The van der Waals surface area contributed by atoms with E-state index < -0.39 is 0 Å². The number of hydrogen-bond donors (Lipinski definition) is 2. The second-order valence-electron chi connectivity index (χ2n) is 5.50. The zero-order valence-electron chi connectivity index (χ0n) is 13.3. The number of amides is 1. The molecule has 0 spiro atoms. The van der Waals surface area contributed by atoms with Gasteiger partial charge in [-0.1, -0.05) is 6.92 Å². The second kappa shape index (κ2) is 8.86. The first kappa shape index (κ1) is 18.6. The van der Waals surface area contributed by atoms with E-state index in [4.69, 9.17) is 9.47 Å². The molecule has 2 N–H and O–H groups in total. The number of carbonyl (C=O) groups is 1. The van der Waals surface area contributed by atoms with E-state index in [2.05, 4.69) is 17.6 Å². The van der Waals surface area contributed by atoms with Crippen LogP contribution in [0.15, 0.2) is 18.2 Å². The van der Waals surface area contributed by atoms with Crippen molar-refractivity contribution in [3.8, 4) is 11.5 Å². The van der Waals surface area contributed by atoms with E-state index in [0.717, 1.165) is 30.8 Å². The van der Waals surface area contributed by atoms with E-state index in [-0.39, 0.29) is 24.4 Å². The normalized spacial score (nSPS) is 20.7. The SMILES string of the molecule is COc1ccc(OC)c(CC(=O)NC2CNCCC2C)c1.Cl. The molecule has 2 unspecified atom stereocenters. The van der Waals surface area contributed by atoms with Crippen molar-refractivity contribution in [2.75, 3.05) is 27.3 Å². The summed E-state index contributed by atoms with van der Waals surface area (Å²) >= 11 is 0. The largest absolute Gasteiger partial charge is 0.497 e. The maximum absolute atomic E-state index is 12.3. The molecule has 1 fully saturated rings. The minimum absolute atomic E-state index is 0. The average molecular weight is 329 g/mol. The van der Waals surface area contributed by atoms with Crippen LogP contribution in [0.25, 0.3) is 0 Å². The van der Waals surface area contributed by atoms with Crippen molar-refractivity contribution in [2.24, 2.45) is 5.92 Å². The number of nitrogens with one attached hydrogen (secondary N) is 2. The van der Waals surface area contributed by atoms with Crippen LogP contribution in [-0.2, 0) is 11.2 Å². The lowest BCUT2D eigenvalue weighted by Gasteiger charge is -2.30. The lowest BCUT2D eigenvalue weighted by molar-refractivity contribution is -0.121. The standard InChI is InChI=1S/C16H24N2O3.ClH/c1-11-6-7-17-10-14(11)18-16(19)9-12-8-13(20-2)4-5-15(12)21-3;/h4-5,8,11,14,17H,6-7,9-10H2,1-3H3,(H,18,19);1H. The Hall–Kier alpha value is -1.46. The van der Waals surface area contributed by atoms with Crippen LogP contribution >= 0.6 is 12.4 Å². The highest BCUT2D eigenvalue weighted by molar-refractivity contribution is 5.85. The zero-order chi connectivity index (χ0) is 15.2. The Bertz CT molecular complexity index is 496. The molecule has 1 aromatic carbocycles. The summed E-state index contributed by atoms with van der Waals surface area (Å²) in [6.45, 7) is 4.04. The summed E-state index contributed by atoms with van der Waals surface area (Å²) in [6.07, 6.45) is 1.39. The van der Waals surface area contributed by atoms with Crippen molar-refractivity contribution < 1.29 is 14.3 Å². The van der Waals surface area contributed by atoms with Gasteiger partial charge in [-0.15, -0.1) is 12.4 Å². The molecule has 1 aliphatic heterocycles. The van der Waals surface area contributed by atoms with Crippen LogP contribution in [0, 0.1) is 5.92 Å². The first-order valence-corrected chi connectivity index (χ1v) is 7.35. The zero-order valence-corrected chi connectivity index (χ0v) is 14.2. The molecule has 0 bridgehead atoms. The first-order valence-electron chi connectivity index (χ1n) is 7.35. The average Bonchev–Trinajstić information content (AvgIpc) is 2.49. The highest BCUT2D eigenvalue weighted by atomic mass is 35.5. The van der Waals surface area contributed by atoms with Crippen LogP contribution in [0.2, 0.25) is 0 Å². The second-order valence-corrected chi connectivity index (χ2v) is 5.50. The molecule has 5 nitrogen and oxygen atoms in total. The number of halogens is 1. The van der Waals surface area contributed by atoms with Crippen LogP contribution < -0.4 is 20.1 Å². The Kier molecular flexibility index (Phi) is 7.48. The molecule has 6 heteroatoms. The van der Waals surface area contributed by atoms with Crippen molar-refractivity contribution in [1.82, 2.24) is 10.6 Å². The Balaban J connectivity index is 0.00000242. The number of methoxy groups -OCH3 is 2. The third kappa shape index (κ3) is 4.78. The van der Waals surface area contributed by atoms with Crippen molar-refractivity contribution in [2.45, 2.75) is 25.8 Å². The van der Waals surface area contributed by atoms with E-state index in [9.17, 15) is 4.79 Å². The molecule has 1 aliphatic rings. The summed E-state index contributed by atoms with van der Waals surface area (Å²) in [7, 11) is 3.22. The number of carbonyl (C=O) groups excluding carboxylic acids is 1. The number of rotatable bonds is 5. The monoisotopic (exact) mass is 328 g/mol. The highest BCUT2D eigenvalue weighted by Gasteiger charge is 2.23. The maximum Gasteiger partial charge on any atom is 0.224 e. The van der Waals surface area contributed by atoms with Crippen molar-refractivity contribution in [3.05, 3.63) is 23.8 Å².